The van der Waals surface area contributed by atoms with E-state index in [1.807, 2.05) is 0 Å². The van der Waals surface area contributed by atoms with Crippen LogP contribution in [0.1, 0.15) is 5.56 Å². The van der Waals surface area contributed by atoms with Crippen molar-refractivity contribution < 1.29 is 9.66 Å². The van der Waals surface area contributed by atoms with Crippen molar-refractivity contribution in [2.75, 3.05) is 13.7 Å². The lowest BCUT2D eigenvalue weighted by atomic mass is 10.1. The first-order valence-electron chi connectivity index (χ1n) is 4.50. The normalized spacial score (nSPS) is 12.4. The lowest BCUT2D eigenvalue weighted by Gasteiger charge is -2.07. The molecule has 0 heterocycles. The van der Waals surface area contributed by atoms with Gasteiger partial charge in [0.2, 0.25) is 0 Å². The molecule has 15 heavy (non-hydrogen) atoms. The molecule has 4 nitrogen and oxygen atoms in total. The number of ether oxygens (including phenoxy) is 1. The van der Waals surface area contributed by atoms with Gasteiger partial charge in [0, 0.05) is 24.1 Å². The van der Waals surface area contributed by atoms with Crippen LogP contribution >= 0.6 is 15.9 Å². The minimum atomic E-state index is -0.398. The van der Waals surface area contributed by atoms with Gasteiger partial charge in [0.15, 0.2) is 0 Å². The second-order valence-corrected chi connectivity index (χ2v) is 4.48. The predicted molar refractivity (Wildman–Crippen MR) is 61.4 cm³/mol. The molecule has 0 saturated heterocycles. The summed E-state index contributed by atoms with van der Waals surface area (Å²) in [6.07, 6.45) is 0.797. The van der Waals surface area contributed by atoms with E-state index < -0.39 is 4.92 Å². The molecule has 0 saturated carbocycles. The van der Waals surface area contributed by atoms with Gasteiger partial charge in [-0.15, -0.1) is 0 Å². The first kappa shape index (κ1) is 12.1. The monoisotopic (exact) mass is 273 g/mol. The Morgan fingerprint density at radius 1 is 1.47 bits per heavy atom. The SMILES string of the molecule is COCC(Br)Cc1ccc([N+](=O)[O-])cc1. The highest BCUT2D eigenvalue weighted by Crippen LogP contribution is 2.15. The molecule has 1 unspecified atom stereocenters. The van der Waals surface area contributed by atoms with E-state index in [-0.39, 0.29) is 10.5 Å². The Labute approximate surface area is 96.5 Å². The number of hydrogen-bond donors (Lipinski definition) is 0. The minimum absolute atomic E-state index is 0.122. The molecule has 0 aliphatic rings. The van der Waals surface area contributed by atoms with Crippen LogP contribution in [0.25, 0.3) is 0 Å². The molecule has 1 rings (SSSR count). The lowest BCUT2D eigenvalue weighted by Crippen LogP contribution is -2.09. The summed E-state index contributed by atoms with van der Waals surface area (Å²) in [6.45, 7) is 0.622. The number of hydrogen-bond acceptors (Lipinski definition) is 3. The van der Waals surface area contributed by atoms with Gasteiger partial charge in [0.25, 0.3) is 5.69 Å². The zero-order valence-corrected chi connectivity index (χ0v) is 9.94. The summed E-state index contributed by atoms with van der Waals surface area (Å²) >= 11 is 3.46. The van der Waals surface area contributed by atoms with Gasteiger partial charge < -0.3 is 4.74 Å². The number of methoxy groups -OCH3 is 1. The van der Waals surface area contributed by atoms with Crippen molar-refractivity contribution in [1.29, 1.82) is 0 Å². The van der Waals surface area contributed by atoms with Crippen LogP contribution in [0.2, 0.25) is 0 Å². The molecule has 0 aliphatic carbocycles. The Balaban J connectivity index is 2.60. The molecule has 1 atom stereocenters. The maximum absolute atomic E-state index is 10.4. The second kappa shape index (κ2) is 5.82. The number of nitro groups is 1. The van der Waals surface area contributed by atoms with Crippen LogP contribution < -0.4 is 0 Å². The summed E-state index contributed by atoms with van der Waals surface area (Å²) in [5.41, 5.74) is 1.18. The van der Waals surface area contributed by atoms with Gasteiger partial charge in [-0.25, -0.2) is 0 Å². The molecule has 0 spiro atoms. The van der Waals surface area contributed by atoms with E-state index >= 15 is 0 Å². The van der Waals surface area contributed by atoms with Crippen molar-refractivity contribution in [2.24, 2.45) is 0 Å². The zero-order chi connectivity index (χ0) is 11.3. The number of nitro benzene ring substituents is 1. The number of benzene rings is 1. The Morgan fingerprint density at radius 3 is 2.53 bits per heavy atom. The summed E-state index contributed by atoms with van der Waals surface area (Å²) in [5, 5.41) is 10.4. The van der Waals surface area contributed by atoms with Crippen molar-refractivity contribution >= 4 is 21.6 Å². The first-order chi connectivity index (χ1) is 7.13. The van der Waals surface area contributed by atoms with E-state index in [1.165, 1.54) is 12.1 Å². The van der Waals surface area contributed by atoms with Crippen LogP contribution in [-0.2, 0) is 11.2 Å². The van der Waals surface area contributed by atoms with Gasteiger partial charge in [-0.05, 0) is 12.0 Å². The van der Waals surface area contributed by atoms with Gasteiger partial charge in [0.1, 0.15) is 0 Å². The quantitative estimate of drug-likeness (QED) is 0.471. The Bertz CT molecular complexity index is 326. The zero-order valence-electron chi connectivity index (χ0n) is 8.35. The maximum Gasteiger partial charge on any atom is 0.269 e. The molecule has 1 aromatic rings. The van der Waals surface area contributed by atoms with Crippen LogP contribution in [0.4, 0.5) is 5.69 Å². The van der Waals surface area contributed by atoms with E-state index in [9.17, 15) is 10.1 Å². The number of rotatable bonds is 5. The molecule has 0 N–H and O–H groups in total. The highest BCUT2D eigenvalue weighted by Gasteiger charge is 2.07. The molecule has 82 valence electrons. The molecule has 0 aromatic heterocycles. The minimum Gasteiger partial charge on any atom is -0.384 e. The van der Waals surface area contributed by atoms with Gasteiger partial charge >= 0.3 is 0 Å². The van der Waals surface area contributed by atoms with Crippen molar-refractivity contribution in [2.45, 2.75) is 11.2 Å². The van der Waals surface area contributed by atoms with E-state index in [0.29, 0.717) is 6.61 Å². The number of halogens is 1. The van der Waals surface area contributed by atoms with E-state index in [4.69, 9.17) is 4.74 Å². The molecular weight excluding hydrogens is 262 g/mol. The summed E-state index contributed by atoms with van der Waals surface area (Å²) in [5.74, 6) is 0. The molecule has 0 aliphatic heterocycles. The Morgan fingerprint density at radius 2 is 2.07 bits per heavy atom. The van der Waals surface area contributed by atoms with Crippen LogP contribution in [-0.4, -0.2) is 23.5 Å². The van der Waals surface area contributed by atoms with E-state index in [1.54, 1.807) is 19.2 Å². The Hall–Kier alpha value is -0.940. The fourth-order valence-electron chi connectivity index (χ4n) is 1.25. The van der Waals surface area contributed by atoms with E-state index in [2.05, 4.69) is 15.9 Å². The van der Waals surface area contributed by atoms with E-state index in [0.717, 1.165) is 12.0 Å². The van der Waals surface area contributed by atoms with Crippen molar-refractivity contribution in [3.63, 3.8) is 0 Å². The topological polar surface area (TPSA) is 52.4 Å². The largest absolute Gasteiger partial charge is 0.384 e. The van der Waals surface area contributed by atoms with Crippen molar-refractivity contribution in [3.8, 4) is 0 Å². The van der Waals surface area contributed by atoms with Crippen LogP contribution in [0.3, 0.4) is 0 Å². The summed E-state index contributed by atoms with van der Waals surface area (Å²) < 4.78 is 4.98. The van der Waals surface area contributed by atoms with Gasteiger partial charge in [0.05, 0.1) is 11.5 Å². The fourth-order valence-corrected chi connectivity index (χ4v) is 1.89. The van der Waals surface area contributed by atoms with Crippen molar-refractivity contribution in [1.82, 2.24) is 0 Å². The third-order valence-corrected chi connectivity index (χ3v) is 2.54. The maximum atomic E-state index is 10.4. The molecule has 0 amide bonds. The third kappa shape index (κ3) is 3.97. The molecule has 1 aromatic carbocycles. The summed E-state index contributed by atoms with van der Waals surface area (Å²) in [6, 6.07) is 6.56. The first-order valence-corrected chi connectivity index (χ1v) is 5.41. The predicted octanol–water partition coefficient (Wildman–Crippen LogP) is 2.55. The van der Waals surface area contributed by atoms with Crippen LogP contribution in [0, 0.1) is 10.1 Å². The smallest absolute Gasteiger partial charge is 0.269 e. The third-order valence-electron chi connectivity index (χ3n) is 1.95. The molecule has 0 bridgehead atoms. The summed E-state index contributed by atoms with van der Waals surface area (Å²) in [4.78, 5) is 10.3. The molecule has 0 radical (unpaired) electrons. The van der Waals surface area contributed by atoms with Crippen molar-refractivity contribution in [3.05, 3.63) is 39.9 Å². The Kier molecular flexibility index (Phi) is 4.71. The fraction of sp³-hybridized carbons (Fsp3) is 0.400. The standard InChI is InChI=1S/C10H12BrNO3/c1-15-7-9(11)6-8-2-4-10(5-3-8)12(13)14/h2-5,9H,6-7H2,1H3. The summed E-state index contributed by atoms with van der Waals surface area (Å²) in [7, 11) is 1.64. The molecule has 0 fully saturated rings. The average Bonchev–Trinajstić information content (AvgIpc) is 2.18. The number of non-ortho nitro benzene ring substituents is 1. The number of alkyl halides is 1. The van der Waals surface area contributed by atoms with Crippen LogP contribution in [0.15, 0.2) is 24.3 Å². The van der Waals surface area contributed by atoms with Gasteiger partial charge in [-0.1, -0.05) is 28.1 Å². The lowest BCUT2D eigenvalue weighted by molar-refractivity contribution is -0.384. The average molecular weight is 274 g/mol. The second-order valence-electron chi connectivity index (χ2n) is 3.18. The molecular formula is C10H12BrNO3. The highest BCUT2D eigenvalue weighted by atomic mass is 79.9. The number of nitrogens with zero attached hydrogens (tertiary/aromatic N) is 1. The van der Waals surface area contributed by atoms with Gasteiger partial charge in [-0.2, -0.15) is 0 Å². The van der Waals surface area contributed by atoms with Gasteiger partial charge in [-0.3, -0.25) is 10.1 Å². The highest BCUT2D eigenvalue weighted by molar-refractivity contribution is 9.09. The molecule has 5 heteroatoms. The van der Waals surface area contributed by atoms with Crippen LogP contribution in [0.5, 0.6) is 0 Å².